The number of rotatable bonds is 7. The van der Waals surface area contributed by atoms with Crippen LogP contribution >= 0.6 is 0 Å². The molecular weight excluding hydrogens is 302 g/mol. The molecule has 2 rings (SSSR count). The topological polar surface area (TPSA) is 71.0 Å². The van der Waals surface area contributed by atoms with E-state index in [0.717, 1.165) is 6.54 Å². The van der Waals surface area contributed by atoms with Crippen molar-refractivity contribution in [1.29, 1.82) is 0 Å². The average molecular weight is 329 g/mol. The van der Waals surface area contributed by atoms with Gasteiger partial charge in [0.1, 0.15) is 0 Å². The Hall–Kier alpha value is -2.34. The molecule has 24 heavy (non-hydrogen) atoms. The maximum atomic E-state index is 12.0. The van der Waals surface area contributed by atoms with Crippen molar-refractivity contribution in [3.05, 3.63) is 48.3 Å². The smallest absolute Gasteiger partial charge is 0.319 e. The first kappa shape index (κ1) is 18.0. The number of urea groups is 1. The molecule has 1 atom stereocenters. The van der Waals surface area contributed by atoms with E-state index in [1.54, 1.807) is 17.1 Å². The van der Waals surface area contributed by atoms with Crippen molar-refractivity contribution in [3.8, 4) is 0 Å². The third-order valence-electron chi connectivity index (χ3n) is 3.81. The fourth-order valence-corrected chi connectivity index (χ4v) is 2.54. The average Bonchev–Trinajstić information content (AvgIpc) is 3.01. The van der Waals surface area contributed by atoms with Gasteiger partial charge in [0.2, 0.25) is 0 Å². The number of hydrogen-bond donors (Lipinski definition) is 3. The van der Waals surface area contributed by atoms with Gasteiger partial charge >= 0.3 is 6.03 Å². The summed E-state index contributed by atoms with van der Waals surface area (Å²) < 4.78 is 1.77. The van der Waals surface area contributed by atoms with Gasteiger partial charge in [-0.3, -0.25) is 4.68 Å². The molecule has 6 heteroatoms. The highest BCUT2D eigenvalue weighted by Crippen LogP contribution is 2.15. The number of aromatic nitrogens is 2. The van der Waals surface area contributed by atoms with Crippen LogP contribution in [-0.2, 0) is 6.54 Å². The summed E-state index contributed by atoms with van der Waals surface area (Å²) in [5.74, 6) is 0. The molecule has 1 aromatic carbocycles. The molecule has 1 aromatic heterocycles. The molecule has 0 saturated heterocycles. The second kappa shape index (κ2) is 7.97. The Morgan fingerprint density at radius 2 is 2.00 bits per heavy atom. The van der Waals surface area contributed by atoms with E-state index in [1.165, 1.54) is 5.56 Å². The fraction of sp³-hybridized carbons (Fsp3) is 0.444. The molecule has 1 heterocycles. The number of benzene rings is 1. The van der Waals surface area contributed by atoms with Gasteiger partial charge in [-0.25, -0.2) is 4.79 Å². The van der Waals surface area contributed by atoms with Crippen molar-refractivity contribution < 1.29 is 4.79 Å². The first-order chi connectivity index (χ1) is 11.4. The van der Waals surface area contributed by atoms with E-state index >= 15 is 0 Å². The number of amides is 2. The van der Waals surface area contributed by atoms with E-state index in [2.05, 4.69) is 54.0 Å². The molecule has 0 aliphatic heterocycles. The normalized spacial score (nSPS) is 12.7. The van der Waals surface area contributed by atoms with E-state index in [9.17, 15) is 4.79 Å². The summed E-state index contributed by atoms with van der Waals surface area (Å²) in [5.41, 5.74) is 1.68. The van der Waals surface area contributed by atoms with Gasteiger partial charge in [-0.15, -0.1) is 0 Å². The lowest BCUT2D eigenvalue weighted by Gasteiger charge is -2.30. The van der Waals surface area contributed by atoms with Crippen LogP contribution in [0.3, 0.4) is 0 Å². The summed E-state index contributed by atoms with van der Waals surface area (Å²) in [6.45, 7) is 9.55. The predicted molar refractivity (Wildman–Crippen MR) is 97.0 cm³/mol. The molecule has 0 unspecified atom stereocenters. The lowest BCUT2D eigenvalue weighted by atomic mass is 10.0. The molecule has 0 bridgehead atoms. The minimum absolute atomic E-state index is 0.203. The Labute approximate surface area is 143 Å². The molecule has 0 aliphatic carbocycles. The molecule has 2 amide bonds. The second-order valence-electron chi connectivity index (χ2n) is 6.55. The van der Waals surface area contributed by atoms with Gasteiger partial charge in [-0.1, -0.05) is 30.3 Å². The van der Waals surface area contributed by atoms with Gasteiger partial charge in [-0.05, 0) is 33.3 Å². The Bertz CT molecular complexity index is 650. The van der Waals surface area contributed by atoms with Crippen LogP contribution in [0.2, 0.25) is 0 Å². The van der Waals surface area contributed by atoms with Crippen molar-refractivity contribution in [3.63, 3.8) is 0 Å². The zero-order chi connectivity index (χ0) is 17.6. The molecule has 6 nitrogen and oxygen atoms in total. The van der Waals surface area contributed by atoms with Crippen LogP contribution in [0.1, 0.15) is 39.3 Å². The minimum atomic E-state index is -0.236. The van der Waals surface area contributed by atoms with E-state index in [1.807, 2.05) is 25.1 Å². The SMILES string of the molecule is CCn1cc(NC(=O)NCC(C)(C)N[C@H](C)c2ccccc2)cn1. The van der Waals surface area contributed by atoms with Gasteiger partial charge in [0.05, 0.1) is 11.9 Å². The first-order valence-corrected chi connectivity index (χ1v) is 8.29. The van der Waals surface area contributed by atoms with Crippen molar-refractivity contribution in [2.75, 3.05) is 11.9 Å². The quantitative estimate of drug-likeness (QED) is 0.731. The number of carbonyl (C=O) groups excluding carboxylic acids is 1. The fourth-order valence-electron chi connectivity index (χ4n) is 2.54. The number of nitrogens with zero attached hydrogens (tertiary/aromatic N) is 2. The van der Waals surface area contributed by atoms with Gasteiger partial charge in [0.25, 0.3) is 0 Å². The summed E-state index contributed by atoms with van der Waals surface area (Å²) >= 11 is 0. The molecule has 0 spiro atoms. The van der Waals surface area contributed by atoms with Gasteiger partial charge < -0.3 is 16.0 Å². The predicted octanol–water partition coefficient (Wildman–Crippen LogP) is 3.15. The molecule has 0 fully saturated rings. The molecule has 0 saturated carbocycles. The Balaban J connectivity index is 1.81. The van der Waals surface area contributed by atoms with Crippen LogP contribution in [0.4, 0.5) is 10.5 Å². The highest BCUT2D eigenvalue weighted by molar-refractivity contribution is 5.88. The molecule has 0 radical (unpaired) electrons. The lowest BCUT2D eigenvalue weighted by molar-refractivity contribution is 0.246. The van der Waals surface area contributed by atoms with E-state index in [4.69, 9.17) is 0 Å². The number of hydrogen-bond acceptors (Lipinski definition) is 3. The Morgan fingerprint density at radius 3 is 2.62 bits per heavy atom. The number of carbonyl (C=O) groups is 1. The summed E-state index contributed by atoms with van der Waals surface area (Å²) in [6.07, 6.45) is 3.45. The van der Waals surface area contributed by atoms with Gasteiger partial charge in [-0.2, -0.15) is 5.10 Å². The summed E-state index contributed by atoms with van der Waals surface area (Å²) in [4.78, 5) is 12.0. The molecule has 3 N–H and O–H groups in total. The standard InChI is InChI=1S/C18H27N5O/c1-5-23-12-16(11-20-23)21-17(24)19-13-18(3,4)22-14(2)15-9-7-6-8-10-15/h6-12,14,22H,5,13H2,1-4H3,(H2,19,21,24)/t14-/m1/s1. The summed E-state index contributed by atoms with van der Waals surface area (Å²) in [5, 5.41) is 13.4. The Kier molecular flexibility index (Phi) is 5.98. The molecule has 0 aliphatic rings. The van der Waals surface area contributed by atoms with Crippen LogP contribution in [-0.4, -0.2) is 27.9 Å². The third-order valence-corrected chi connectivity index (χ3v) is 3.81. The lowest BCUT2D eigenvalue weighted by Crippen LogP contribution is -2.50. The first-order valence-electron chi connectivity index (χ1n) is 8.29. The molecular formula is C18H27N5O. The van der Waals surface area contributed by atoms with Crippen LogP contribution in [0.25, 0.3) is 0 Å². The molecule has 2 aromatic rings. The zero-order valence-corrected chi connectivity index (χ0v) is 14.8. The van der Waals surface area contributed by atoms with Gasteiger partial charge in [0, 0.05) is 30.9 Å². The van der Waals surface area contributed by atoms with Crippen molar-refractivity contribution in [1.82, 2.24) is 20.4 Å². The number of nitrogens with one attached hydrogen (secondary N) is 3. The maximum Gasteiger partial charge on any atom is 0.319 e. The highest BCUT2D eigenvalue weighted by atomic mass is 16.2. The van der Waals surface area contributed by atoms with Crippen LogP contribution < -0.4 is 16.0 Å². The third kappa shape index (κ3) is 5.38. The van der Waals surface area contributed by atoms with Crippen molar-refractivity contribution in [2.45, 2.75) is 45.8 Å². The highest BCUT2D eigenvalue weighted by Gasteiger charge is 2.21. The number of aryl methyl sites for hydroxylation is 1. The van der Waals surface area contributed by atoms with Crippen LogP contribution in [0, 0.1) is 0 Å². The summed E-state index contributed by atoms with van der Waals surface area (Å²) in [7, 11) is 0. The zero-order valence-electron chi connectivity index (χ0n) is 14.8. The van der Waals surface area contributed by atoms with Crippen LogP contribution in [0.5, 0.6) is 0 Å². The largest absolute Gasteiger partial charge is 0.336 e. The molecule has 130 valence electrons. The van der Waals surface area contributed by atoms with Crippen molar-refractivity contribution in [2.24, 2.45) is 0 Å². The Morgan fingerprint density at radius 1 is 1.29 bits per heavy atom. The minimum Gasteiger partial charge on any atom is -0.336 e. The number of anilines is 1. The van der Waals surface area contributed by atoms with Gasteiger partial charge in [0.15, 0.2) is 0 Å². The monoisotopic (exact) mass is 329 g/mol. The maximum absolute atomic E-state index is 12.0. The second-order valence-corrected chi connectivity index (χ2v) is 6.55. The van der Waals surface area contributed by atoms with E-state index < -0.39 is 0 Å². The van der Waals surface area contributed by atoms with E-state index in [0.29, 0.717) is 12.2 Å². The van der Waals surface area contributed by atoms with Crippen molar-refractivity contribution >= 4 is 11.7 Å². The van der Waals surface area contributed by atoms with E-state index in [-0.39, 0.29) is 17.6 Å². The van der Waals surface area contributed by atoms with Crippen LogP contribution in [0.15, 0.2) is 42.7 Å². The summed E-state index contributed by atoms with van der Waals surface area (Å²) in [6, 6.07) is 10.2.